The number of aliphatic hydroxyl groups excluding tert-OH is 1. The molecule has 0 bridgehead atoms. The Kier molecular flexibility index (Phi) is 3.91. The van der Waals surface area contributed by atoms with Gasteiger partial charge in [0.1, 0.15) is 6.04 Å². The van der Waals surface area contributed by atoms with Crippen molar-refractivity contribution in [1.82, 2.24) is 0 Å². The maximum Gasteiger partial charge on any atom is 0.182 e. The van der Waals surface area contributed by atoms with Gasteiger partial charge < -0.3 is 5.11 Å². The summed E-state index contributed by atoms with van der Waals surface area (Å²) in [6.45, 7) is -0.195. The van der Waals surface area contributed by atoms with Crippen LogP contribution in [-0.2, 0) is 4.79 Å². The van der Waals surface area contributed by atoms with E-state index in [1.807, 2.05) is 0 Å². The molecular weight excluding hydrogens is 154 g/mol. The van der Waals surface area contributed by atoms with Crippen molar-refractivity contribution >= 4 is 24.4 Å². The van der Waals surface area contributed by atoms with E-state index >= 15 is 0 Å². The van der Waals surface area contributed by atoms with Gasteiger partial charge >= 0.3 is 0 Å². The first-order valence-electron chi connectivity index (χ1n) is 2.69. The summed E-state index contributed by atoms with van der Waals surface area (Å²) in [6, 6.07) is -0.546. The Morgan fingerprint density at radius 2 is 2.40 bits per heavy atom. The molecule has 0 amide bonds. The van der Waals surface area contributed by atoms with Crippen molar-refractivity contribution in [2.45, 2.75) is 6.04 Å². The SMILES string of the molecule is Cl.O=C1C=CC=NC1CO. The van der Waals surface area contributed by atoms with E-state index in [4.69, 9.17) is 5.11 Å². The standard InChI is InChI=1S/C6H7NO2.ClH/c8-4-5-6(9)2-1-3-7-5;/h1-3,5,8H,4H2;1H. The lowest BCUT2D eigenvalue weighted by Crippen LogP contribution is -2.22. The smallest absolute Gasteiger partial charge is 0.182 e. The van der Waals surface area contributed by atoms with Crippen LogP contribution in [0.2, 0.25) is 0 Å². The zero-order chi connectivity index (χ0) is 6.69. The monoisotopic (exact) mass is 161 g/mol. The molecule has 0 aromatic rings. The molecule has 0 aliphatic carbocycles. The van der Waals surface area contributed by atoms with Crippen LogP contribution in [0.15, 0.2) is 17.1 Å². The maximum absolute atomic E-state index is 10.7. The van der Waals surface area contributed by atoms with Crippen molar-refractivity contribution in [3.05, 3.63) is 12.2 Å². The zero-order valence-electron chi connectivity index (χ0n) is 5.23. The second-order valence-corrected chi connectivity index (χ2v) is 1.76. The Balaban J connectivity index is 0.000000810. The van der Waals surface area contributed by atoms with Gasteiger partial charge in [0.25, 0.3) is 0 Å². The molecule has 0 spiro atoms. The second-order valence-electron chi connectivity index (χ2n) is 1.76. The molecule has 1 unspecified atom stereocenters. The summed E-state index contributed by atoms with van der Waals surface area (Å²) in [7, 11) is 0. The molecule has 0 radical (unpaired) electrons. The number of ketones is 1. The molecule has 1 atom stereocenters. The molecule has 1 aliphatic heterocycles. The molecule has 0 saturated heterocycles. The largest absolute Gasteiger partial charge is 0.394 e. The van der Waals surface area contributed by atoms with Gasteiger partial charge in [-0.15, -0.1) is 12.4 Å². The van der Waals surface area contributed by atoms with E-state index in [-0.39, 0.29) is 24.8 Å². The number of halogens is 1. The first-order valence-corrected chi connectivity index (χ1v) is 2.69. The fourth-order valence-electron chi connectivity index (χ4n) is 0.613. The van der Waals surface area contributed by atoms with Crippen molar-refractivity contribution in [2.75, 3.05) is 6.61 Å². The third-order valence-electron chi connectivity index (χ3n) is 1.11. The predicted molar refractivity (Wildman–Crippen MR) is 40.8 cm³/mol. The lowest BCUT2D eigenvalue weighted by Gasteiger charge is -2.05. The first kappa shape index (κ1) is 9.33. The Labute approximate surface area is 64.9 Å². The Morgan fingerprint density at radius 1 is 1.70 bits per heavy atom. The number of carbonyl (C=O) groups is 1. The van der Waals surface area contributed by atoms with E-state index in [1.165, 1.54) is 12.3 Å². The quantitative estimate of drug-likeness (QED) is 0.588. The van der Waals surface area contributed by atoms with E-state index in [9.17, 15) is 4.79 Å². The normalized spacial score (nSPS) is 22.5. The van der Waals surface area contributed by atoms with Crippen LogP contribution in [0.3, 0.4) is 0 Å². The fraction of sp³-hybridized carbons (Fsp3) is 0.333. The van der Waals surface area contributed by atoms with Gasteiger partial charge in [0.05, 0.1) is 6.61 Å². The van der Waals surface area contributed by atoms with E-state index in [0.717, 1.165) is 0 Å². The topological polar surface area (TPSA) is 49.7 Å². The lowest BCUT2D eigenvalue weighted by atomic mass is 10.1. The maximum atomic E-state index is 10.7. The van der Waals surface area contributed by atoms with Crippen LogP contribution in [0.25, 0.3) is 0 Å². The Morgan fingerprint density at radius 3 is 2.80 bits per heavy atom. The molecule has 1 heterocycles. The molecule has 0 aromatic heterocycles. The van der Waals surface area contributed by atoms with E-state index < -0.39 is 6.04 Å². The van der Waals surface area contributed by atoms with Crippen molar-refractivity contribution in [1.29, 1.82) is 0 Å². The Bertz CT molecular complexity index is 177. The summed E-state index contributed by atoms with van der Waals surface area (Å²) < 4.78 is 0. The van der Waals surface area contributed by atoms with Crippen LogP contribution in [0.4, 0.5) is 0 Å². The summed E-state index contributed by atoms with van der Waals surface area (Å²) in [5, 5.41) is 8.49. The van der Waals surface area contributed by atoms with E-state index in [2.05, 4.69) is 4.99 Å². The number of aliphatic imine (C=N–C) groups is 1. The number of aliphatic hydroxyl groups is 1. The molecule has 1 rings (SSSR count). The van der Waals surface area contributed by atoms with Crippen LogP contribution >= 0.6 is 12.4 Å². The van der Waals surface area contributed by atoms with Crippen LogP contribution in [-0.4, -0.2) is 29.8 Å². The highest BCUT2D eigenvalue weighted by Crippen LogP contribution is 1.96. The second kappa shape index (κ2) is 4.19. The number of hydrogen-bond acceptors (Lipinski definition) is 3. The lowest BCUT2D eigenvalue weighted by molar-refractivity contribution is -0.116. The summed E-state index contributed by atoms with van der Waals surface area (Å²) in [5.41, 5.74) is 0. The number of allylic oxidation sites excluding steroid dienone is 1. The highest BCUT2D eigenvalue weighted by Gasteiger charge is 2.13. The van der Waals surface area contributed by atoms with Gasteiger partial charge in [-0.2, -0.15) is 0 Å². The highest BCUT2D eigenvalue weighted by molar-refractivity contribution is 6.00. The van der Waals surface area contributed by atoms with Crippen molar-refractivity contribution in [2.24, 2.45) is 4.99 Å². The van der Waals surface area contributed by atoms with Gasteiger partial charge in [-0.3, -0.25) is 9.79 Å². The average Bonchev–Trinajstić information content (AvgIpc) is 1.89. The molecule has 3 nitrogen and oxygen atoms in total. The third kappa shape index (κ3) is 1.93. The Hall–Kier alpha value is -0.670. The first-order chi connectivity index (χ1) is 4.34. The van der Waals surface area contributed by atoms with Gasteiger partial charge in [0, 0.05) is 6.21 Å². The number of rotatable bonds is 1. The van der Waals surface area contributed by atoms with Gasteiger partial charge in [0.2, 0.25) is 0 Å². The molecule has 0 fully saturated rings. The van der Waals surface area contributed by atoms with E-state index in [1.54, 1.807) is 6.08 Å². The zero-order valence-corrected chi connectivity index (χ0v) is 6.04. The third-order valence-corrected chi connectivity index (χ3v) is 1.11. The molecule has 10 heavy (non-hydrogen) atoms. The minimum absolute atomic E-state index is 0. The summed E-state index contributed by atoms with van der Waals surface area (Å²) in [6.07, 6.45) is 4.49. The van der Waals surface area contributed by atoms with Crippen molar-refractivity contribution < 1.29 is 9.90 Å². The average molecular weight is 162 g/mol. The van der Waals surface area contributed by atoms with Crippen LogP contribution in [0.1, 0.15) is 0 Å². The fourth-order valence-corrected chi connectivity index (χ4v) is 0.613. The van der Waals surface area contributed by atoms with Gasteiger partial charge in [-0.1, -0.05) is 0 Å². The summed E-state index contributed by atoms with van der Waals surface area (Å²) in [4.78, 5) is 14.4. The van der Waals surface area contributed by atoms with Crippen molar-refractivity contribution in [3.8, 4) is 0 Å². The summed E-state index contributed by atoms with van der Waals surface area (Å²) >= 11 is 0. The van der Waals surface area contributed by atoms with Crippen LogP contribution in [0.5, 0.6) is 0 Å². The van der Waals surface area contributed by atoms with Gasteiger partial charge in [0.15, 0.2) is 5.78 Å². The molecule has 1 aliphatic rings. The van der Waals surface area contributed by atoms with Crippen molar-refractivity contribution in [3.63, 3.8) is 0 Å². The van der Waals surface area contributed by atoms with E-state index in [0.29, 0.717) is 0 Å². The molecule has 0 saturated carbocycles. The number of nitrogens with zero attached hydrogens (tertiary/aromatic N) is 1. The number of hydrogen-bond donors (Lipinski definition) is 1. The molecular formula is C6H8ClNO2. The minimum Gasteiger partial charge on any atom is -0.394 e. The molecule has 56 valence electrons. The van der Waals surface area contributed by atoms with Crippen LogP contribution < -0.4 is 0 Å². The minimum atomic E-state index is -0.546. The molecule has 4 heteroatoms. The number of dihydropyridines is 1. The van der Waals surface area contributed by atoms with Crippen LogP contribution in [0, 0.1) is 0 Å². The molecule has 0 aromatic carbocycles. The van der Waals surface area contributed by atoms with Gasteiger partial charge in [-0.25, -0.2) is 0 Å². The summed E-state index contributed by atoms with van der Waals surface area (Å²) in [5.74, 6) is -0.125. The number of carbonyl (C=O) groups excluding carboxylic acids is 1. The highest BCUT2D eigenvalue weighted by atomic mass is 35.5. The van der Waals surface area contributed by atoms with Gasteiger partial charge in [-0.05, 0) is 12.2 Å². The predicted octanol–water partition coefficient (Wildman–Crippen LogP) is -0.0212. The molecule has 1 N–H and O–H groups in total.